The van der Waals surface area contributed by atoms with Crippen LogP contribution in [0, 0.1) is 5.82 Å². The lowest BCUT2D eigenvalue weighted by Gasteiger charge is -2.20. The topological polar surface area (TPSA) is 49.4 Å². The number of nitrogens with one attached hydrogen (secondary N) is 1. The number of hydrogen-bond donors (Lipinski definition) is 1. The van der Waals surface area contributed by atoms with E-state index in [0.29, 0.717) is 0 Å². The highest BCUT2D eigenvalue weighted by Crippen LogP contribution is 2.27. The smallest absolute Gasteiger partial charge is 0.316 e. The summed E-state index contributed by atoms with van der Waals surface area (Å²) in [5, 5.41) is 2.53. The molecule has 0 unspecified atom stereocenters. The second-order valence-corrected chi connectivity index (χ2v) is 6.73. The maximum Gasteiger partial charge on any atom is 0.402 e. The Morgan fingerprint density at radius 1 is 1.33 bits per heavy atom. The highest BCUT2D eigenvalue weighted by Gasteiger charge is 2.36. The summed E-state index contributed by atoms with van der Waals surface area (Å²) in [6.07, 6.45) is -4.73. The molecule has 10 heteroatoms. The minimum absolute atomic E-state index is 0.0160. The number of nitrogens with zero attached hydrogens (tertiary/aromatic N) is 1. The molecular formula is C11H13ClF4N2O2S. The Morgan fingerprint density at radius 2 is 1.90 bits per heavy atom. The second kappa shape index (κ2) is 6.47. The van der Waals surface area contributed by atoms with Crippen molar-refractivity contribution in [3.63, 3.8) is 0 Å². The van der Waals surface area contributed by atoms with Crippen molar-refractivity contribution >= 4 is 21.6 Å². The van der Waals surface area contributed by atoms with E-state index in [9.17, 15) is 26.0 Å². The Morgan fingerprint density at radius 3 is 2.38 bits per heavy atom. The summed E-state index contributed by atoms with van der Waals surface area (Å²) in [6.45, 7) is -1.74. The van der Waals surface area contributed by atoms with Crippen molar-refractivity contribution in [2.75, 3.05) is 20.6 Å². The highest BCUT2D eigenvalue weighted by molar-refractivity contribution is 7.89. The number of benzene rings is 1. The summed E-state index contributed by atoms with van der Waals surface area (Å²) in [5.74, 6) is -1.12. The zero-order valence-electron chi connectivity index (χ0n) is 11.1. The summed E-state index contributed by atoms with van der Waals surface area (Å²) >= 11 is 5.70. The average molecular weight is 349 g/mol. The molecule has 0 radical (unpaired) electrons. The molecule has 21 heavy (non-hydrogen) atoms. The monoisotopic (exact) mass is 348 g/mol. The predicted molar refractivity (Wildman–Crippen MR) is 70.0 cm³/mol. The lowest BCUT2D eigenvalue weighted by atomic mass is 10.2. The molecule has 0 amide bonds. The summed E-state index contributed by atoms with van der Waals surface area (Å²) in [4.78, 5) is -0.882. The summed E-state index contributed by atoms with van der Waals surface area (Å²) < 4.78 is 75.2. The maximum absolute atomic E-state index is 14.1. The van der Waals surface area contributed by atoms with Crippen LogP contribution in [0.4, 0.5) is 17.6 Å². The minimum atomic E-state index is -4.73. The fraction of sp³-hybridized carbons (Fsp3) is 0.455. The van der Waals surface area contributed by atoms with Gasteiger partial charge in [-0.25, -0.2) is 12.8 Å². The molecule has 0 saturated heterocycles. The van der Waals surface area contributed by atoms with Gasteiger partial charge in [-0.1, -0.05) is 11.6 Å². The SMILES string of the molecule is CNCc1cc(Cl)cc(S(=O)(=O)N(C)CC(F)(F)F)c1F. The van der Waals surface area contributed by atoms with E-state index < -0.39 is 33.5 Å². The first-order chi connectivity index (χ1) is 9.49. The zero-order valence-corrected chi connectivity index (χ0v) is 12.7. The van der Waals surface area contributed by atoms with E-state index >= 15 is 0 Å². The maximum atomic E-state index is 14.1. The molecule has 0 spiro atoms. The van der Waals surface area contributed by atoms with Crippen LogP contribution in [0.5, 0.6) is 0 Å². The van der Waals surface area contributed by atoms with Crippen LogP contribution >= 0.6 is 11.6 Å². The van der Waals surface area contributed by atoms with Crippen LogP contribution in [0.1, 0.15) is 5.56 Å². The van der Waals surface area contributed by atoms with E-state index in [0.717, 1.165) is 13.1 Å². The predicted octanol–water partition coefficient (Wildman–Crippen LogP) is 2.38. The Balaban J connectivity index is 3.31. The van der Waals surface area contributed by atoms with E-state index in [1.807, 2.05) is 0 Å². The lowest BCUT2D eigenvalue weighted by molar-refractivity contribution is -0.134. The fourth-order valence-corrected chi connectivity index (χ4v) is 3.22. The Labute approximate surface area is 124 Å². The molecule has 0 aliphatic rings. The molecule has 0 aromatic heterocycles. The zero-order chi connectivity index (χ0) is 16.4. The number of rotatable bonds is 5. The van der Waals surface area contributed by atoms with Crippen LogP contribution in [0.2, 0.25) is 5.02 Å². The molecular weight excluding hydrogens is 336 g/mol. The normalized spacial score (nSPS) is 13.0. The molecule has 0 heterocycles. The molecule has 0 aliphatic heterocycles. The van der Waals surface area contributed by atoms with Gasteiger partial charge in [0.25, 0.3) is 0 Å². The van der Waals surface area contributed by atoms with Crippen LogP contribution in [0.3, 0.4) is 0 Å². The third-order valence-corrected chi connectivity index (χ3v) is 4.56. The van der Waals surface area contributed by atoms with E-state index in [1.54, 1.807) is 0 Å². The molecule has 1 rings (SSSR count). The van der Waals surface area contributed by atoms with Gasteiger partial charge in [-0.2, -0.15) is 17.5 Å². The van der Waals surface area contributed by atoms with Gasteiger partial charge in [0.2, 0.25) is 10.0 Å². The van der Waals surface area contributed by atoms with Crippen molar-refractivity contribution in [3.8, 4) is 0 Å². The first-order valence-electron chi connectivity index (χ1n) is 5.64. The van der Waals surface area contributed by atoms with Gasteiger partial charge >= 0.3 is 6.18 Å². The summed E-state index contributed by atoms with van der Waals surface area (Å²) in [6, 6.07) is 1.99. The van der Waals surface area contributed by atoms with Gasteiger partial charge < -0.3 is 5.32 Å². The van der Waals surface area contributed by atoms with Gasteiger partial charge in [-0.15, -0.1) is 0 Å². The average Bonchev–Trinajstić information content (AvgIpc) is 2.31. The minimum Gasteiger partial charge on any atom is -0.316 e. The molecule has 1 N–H and O–H groups in total. The first-order valence-corrected chi connectivity index (χ1v) is 7.46. The van der Waals surface area contributed by atoms with Gasteiger partial charge in [0.15, 0.2) is 0 Å². The van der Waals surface area contributed by atoms with Gasteiger partial charge in [0.05, 0.1) is 0 Å². The van der Waals surface area contributed by atoms with Crippen molar-refractivity contribution in [2.45, 2.75) is 17.6 Å². The van der Waals surface area contributed by atoms with E-state index in [2.05, 4.69) is 5.32 Å². The van der Waals surface area contributed by atoms with E-state index in [1.165, 1.54) is 13.1 Å². The molecule has 1 aromatic carbocycles. The first kappa shape index (κ1) is 18.1. The summed E-state index contributed by atoms with van der Waals surface area (Å²) in [5.41, 5.74) is -0.0519. The molecule has 0 saturated carbocycles. The van der Waals surface area contributed by atoms with Crippen molar-refractivity contribution in [2.24, 2.45) is 0 Å². The standard InChI is InChI=1S/C11H13ClF4N2O2S/c1-17-5-7-3-8(12)4-9(10(7)13)21(19,20)18(2)6-11(14,15)16/h3-4,17H,5-6H2,1-2H3. The number of hydrogen-bond acceptors (Lipinski definition) is 3. The quantitative estimate of drug-likeness (QED) is 0.831. The Hall–Kier alpha value is -0.900. The summed E-state index contributed by atoms with van der Waals surface area (Å²) in [7, 11) is -2.41. The van der Waals surface area contributed by atoms with Crippen LogP contribution in [-0.2, 0) is 16.6 Å². The second-order valence-electron chi connectivity index (χ2n) is 4.28. The van der Waals surface area contributed by atoms with Crippen LogP contribution in [0.15, 0.2) is 17.0 Å². The number of alkyl halides is 3. The van der Waals surface area contributed by atoms with Crippen LogP contribution in [-0.4, -0.2) is 39.5 Å². The molecule has 120 valence electrons. The largest absolute Gasteiger partial charge is 0.402 e. The molecule has 4 nitrogen and oxygen atoms in total. The highest BCUT2D eigenvalue weighted by atomic mass is 35.5. The van der Waals surface area contributed by atoms with Gasteiger partial charge in [0.1, 0.15) is 17.3 Å². The fourth-order valence-electron chi connectivity index (χ4n) is 1.63. The molecule has 1 aromatic rings. The number of sulfonamides is 1. The van der Waals surface area contributed by atoms with Gasteiger partial charge in [-0.3, -0.25) is 0 Å². The van der Waals surface area contributed by atoms with Crippen LogP contribution < -0.4 is 5.32 Å². The Bertz CT molecular complexity index is 619. The molecule has 0 fully saturated rings. The molecule has 0 atom stereocenters. The van der Waals surface area contributed by atoms with E-state index in [-0.39, 0.29) is 21.4 Å². The van der Waals surface area contributed by atoms with Crippen molar-refractivity contribution in [1.82, 2.24) is 9.62 Å². The van der Waals surface area contributed by atoms with Crippen molar-refractivity contribution < 1.29 is 26.0 Å². The third-order valence-electron chi connectivity index (χ3n) is 2.54. The van der Waals surface area contributed by atoms with Crippen molar-refractivity contribution in [1.29, 1.82) is 0 Å². The third kappa shape index (κ3) is 4.53. The van der Waals surface area contributed by atoms with E-state index in [4.69, 9.17) is 11.6 Å². The molecule has 0 bridgehead atoms. The Kier molecular flexibility index (Phi) is 5.59. The van der Waals surface area contributed by atoms with Gasteiger partial charge in [-0.05, 0) is 19.2 Å². The lowest BCUT2D eigenvalue weighted by Crippen LogP contribution is -2.36. The van der Waals surface area contributed by atoms with Gasteiger partial charge in [0, 0.05) is 24.2 Å². The molecule has 0 aliphatic carbocycles. The van der Waals surface area contributed by atoms with Crippen LogP contribution in [0.25, 0.3) is 0 Å². The number of halogens is 5. The van der Waals surface area contributed by atoms with Crippen molar-refractivity contribution in [3.05, 3.63) is 28.5 Å².